The predicted molar refractivity (Wildman–Crippen MR) is 117 cm³/mol. The number of hydrogen-bond donors (Lipinski definition) is 1. The molecule has 0 saturated heterocycles. The van der Waals surface area contributed by atoms with Gasteiger partial charge in [-0.2, -0.15) is 10.2 Å². The van der Waals surface area contributed by atoms with E-state index in [9.17, 15) is 4.79 Å². The second-order valence-corrected chi connectivity index (χ2v) is 7.63. The molecule has 0 saturated carbocycles. The van der Waals surface area contributed by atoms with Crippen LogP contribution in [-0.2, 0) is 0 Å². The highest BCUT2D eigenvalue weighted by molar-refractivity contribution is 6.03. The van der Waals surface area contributed by atoms with Crippen LogP contribution >= 0.6 is 0 Å². The van der Waals surface area contributed by atoms with E-state index in [4.69, 9.17) is 0 Å². The van der Waals surface area contributed by atoms with E-state index in [1.165, 1.54) is 0 Å². The summed E-state index contributed by atoms with van der Waals surface area (Å²) in [5.74, 6) is 1.05. The van der Waals surface area contributed by atoms with Crippen LogP contribution < -0.4 is 5.32 Å². The average molecular weight is 400 g/mol. The maximum absolute atomic E-state index is 12.8. The number of pyridine rings is 1. The highest BCUT2D eigenvalue weighted by Crippen LogP contribution is 2.20. The van der Waals surface area contributed by atoms with Crippen LogP contribution in [0.15, 0.2) is 48.7 Å². The maximum Gasteiger partial charge on any atom is 0.258 e. The third-order valence-corrected chi connectivity index (χ3v) is 4.76. The topological polar surface area (TPSA) is 77.6 Å². The van der Waals surface area contributed by atoms with E-state index >= 15 is 0 Å². The lowest BCUT2D eigenvalue weighted by atomic mass is 10.1. The molecule has 0 bridgehead atoms. The van der Waals surface area contributed by atoms with Crippen molar-refractivity contribution in [1.82, 2.24) is 24.5 Å². The average Bonchev–Trinajstić information content (AvgIpc) is 3.22. The molecule has 4 rings (SSSR count). The Bertz CT molecular complexity index is 1210. The summed E-state index contributed by atoms with van der Waals surface area (Å²) in [7, 11) is 0. The highest BCUT2D eigenvalue weighted by atomic mass is 16.1. The molecule has 0 atom stereocenters. The van der Waals surface area contributed by atoms with Crippen molar-refractivity contribution in [2.75, 3.05) is 5.32 Å². The van der Waals surface area contributed by atoms with Crippen LogP contribution in [-0.4, -0.2) is 30.5 Å². The zero-order chi connectivity index (χ0) is 21.4. The normalized spacial score (nSPS) is 11.0. The molecule has 0 radical (unpaired) electrons. The molecule has 0 aliphatic rings. The molecule has 0 spiro atoms. The summed E-state index contributed by atoms with van der Waals surface area (Å²) in [5.41, 5.74) is 6.39. The number of aromatic nitrogens is 5. The number of nitrogens with one attached hydrogen (secondary N) is 1. The van der Waals surface area contributed by atoms with Gasteiger partial charge in [0, 0.05) is 18.0 Å². The molecule has 3 aromatic heterocycles. The van der Waals surface area contributed by atoms with Crippen LogP contribution in [0.4, 0.5) is 5.82 Å². The molecule has 4 aromatic rings. The Balaban J connectivity index is 1.59. The van der Waals surface area contributed by atoms with E-state index in [-0.39, 0.29) is 5.91 Å². The number of aryl methyl sites for hydroxylation is 5. The number of amides is 1. The van der Waals surface area contributed by atoms with Crippen molar-refractivity contribution in [1.29, 1.82) is 0 Å². The van der Waals surface area contributed by atoms with Crippen molar-refractivity contribution >= 4 is 11.7 Å². The first-order valence-corrected chi connectivity index (χ1v) is 9.76. The molecule has 0 unspecified atom stereocenters. The van der Waals surface area contributed by atoms with Crippen LogP contribution in [0.1, 0.15) is 38.6 Å². The van der Waals surface area contributed by atoms with Crippen LogP contribution in [0.25, 0.3) is 11.5 Å². The molecule has 152 valence electrons. The zero-order valence-electron chi connectivity index (χ0n) is 17.8. The monoisotopic (exact) mass is 400 g/mol. The number of carbonyl (C=O) groups excluding carboxylic acids is 1. The van der Waals surface area contributed by atoms with Crippen LogP contribution in [0.2, 0.25) is 0 Å². The lowest BCUT2D eigenvalue weighted by Gasteiger charge is -2.11. The van der Waals surface area contributed by atoms with Gasteiger partial charge in [0.2, 0.25) is 0 Å². The minimum absolute atomic E-state index is 0.243. The van der Waals surface area contributed by atoms with E-state index in [1.54, 1.807) is 27.7 Å². The Labute approximate surface area is 175 Å². The van der Waals surface area contributed by atoms with Gasteiger partial charge in [-0.05, 0) is 76.1 Å². The Hall–Kier alpha value is -3.74. The summed E-state index contributed by atoms with van der Waals surface area (Å²) in [6.45, 7) is 9.90. The molecular formula is C23H24N6O. The SMILES string of the molecule is Cc1cc(C)cc(-n2nc(C)cc2NC(=O)c2ccc(-n3nc(C)cc3C)nc2)c1. The van der Waals surface area contributed by atoms with Gasteiger partial charge in [0.15, 0.2) is 5.82 Å². The van der Waals surface area contributed by atoms with E-state index in [0.29, 0.717) is 17.2 Å². The van der Waals surface area contributed by atoms with Gasteiger partial charge < -0.3 is 5.32 Å². The van der Waals surface area contributed by atoms with Crippen molar-refractivity contribution < 1.29 is 4.79 Å². The minimum atomic E-state index is -0.243. The fourth-order valence-electron chi connectivity index (χ4n) is 3.55. The second kappa shape index (κ2) is 7.59. The smallest absolute Gasteiger partial charge is 0.258 e. The van der Waals surface area contributed by atoms with Crippen LogP contribution in [0.3, 0.4) is 0 Å². The molecule has 30 heavy (non-hydrogen) atoms. The van der Waals surface area contributed by atoms with Crippen molar-refractivity contribution in [3.8, 4) is 11.5 Å². The molecular weight excluding hydrogens is 376 g/mol. The second-order valence-electron chi connectivity index (χ2n) is 7.63. The lowest BCUT2D eigenvalue weighted by Crippen LogP contribution is -2.16. The summed E-state index contributed by atoms with van der Waals surface area (Å²) in [5, 5.41) is 11.9. The third kappa shape index (κ3) is 3.87. The molecule has 1 aromatic carbocycles. The van der Waals surface area contributed by atoms with Gasteiger partial charge in [-0.1, -0.05) is 6.07 Å². The molecule has 7 heteroatoms. The van der Waals surface area contributed by atoms with Gasteiger partial charge in [-0.15, -0.1) is 0 Å². The van der Waals surface area contributed by atoms with Gasteiger partial charge in [0.05, 0.1) is 22.6 Å². The van der Waals surface area contributed by atoms with Gasteiger partial charge in [0.1, 0.15) is 5.82 Å². The van der Waals surface area contributed by atoms with E-state index in [1.807, 2.05) is 58.9 Å². The Morgan fingerprint density at radius 1 is 0.833 bits per heavy atom. The predicted octanol–water partition coefficient (Wildman–Crippen LogP) is 4.25. The zero-order valence-corrected chi connectivity index (χ0v) is 17.8. The standard InChI is InChI=1S/C23H24N6O/c1-14-8-15(2)10-20(9-14)29-22(12-17(4)27-29)25-23(30)19-6-7-21(24-13-19)28-18(5)11-16(3)26-28/h6-13H,1-5H3,(H,25,30). The highest BCUT2D eigenvalue weighted by Gasteiger charge is 2.14. The van der Waals surface area contributed by atoms with Crippen molar-refractivity contribution in [3.63, 3.8) is 0 Å². The van der Waals surface area contributed by atoms with E-state index in [0.717, 1.165) is 33.9 Å². The molecule has 7 nitrogen and oxygen atoms in total. The first-order chi connectivity index (χ1) is 14.3. The Morgan fingerprint density at radius 2 is 1.50 bits per heavy atom. The van der Waals surface area contributed by atoms with Gasteiger partial charge in [0.25, 0.3) is 5.91 Å². The molecule has 0 aliphatic heterocycles. The van der Waals surface area contributed by atoms with Crippen molar-refractivity contribution in [2.45, 2.75) is 34.6 Å². The Morgan fingerprint density at radius 3 is 2.10 bits per heavy atom. The Kier molecular flexibility index (Phi) is 4.95. The number of hydrogen-bond acceptors (Lipinski definition) is 4. The summed E-state index contributed by atoms with van der Waals surface area (Å²) in [6.07, 6.45) is 1.56. The first kappa shape index (κ1) is 19.6. The summed E-state index contributed by atoms with van der Waals surface area (Å²) < 4.78 is 3.51. The third-order valence-electron chi connectivity index (χ3n) is 4.76. The van der Waals surface area contributed by atoms with Crippen molar-refractivity contribution in [2.24, 2.45) is 0 Å². The molecule has 0 aliphatic carbocycles. The van der Waals surface area contributed by atoms with Gasteiger partial charge in [-0.25, -0.2) is 14.3 Å². The van der Waals surface area contributed by atoms with E-state index < -0.39 is 0 Å². The van der Waals surface area contributed by atoms with Gasteiger partial charge >= 0.3 is 0 Å². The summed E-state index contributed by atoms with van der Waals surface area (Å²) in [4.78, 5) is 17.3. The lowest BCUT2D eigenvalue weighted by molar-refractivity contribution is 0.102. The molecule has 1 amide bonds. The number of rotatable bonds is 4. The minimum Gasteiger partial charge on any atom is -0.306 e. The largest absolute Gasteiger partial charge is 0.306 e. The number of benzene rings is 1. The number of nitrogens with zero attached hydrogens (tertiary/aromatic N) is 5. The number of anilines is 1. The fourth-order valence-corrected chi connectivity index (χ4v) is 3.55. The summed E-state index contributed by atoms with van der Waals surface area (Å²) in [6, 6.07) is 13.6. The quantitative estimate of drug-likeness (QED) is 0.556. The van der Waals surface area contributed by atoms with Crippen LogP contribution in [0, 0.1) is 34.6 Å². The molecule has 0 fully saturated rings. The summed E-state index contributed by atoms with van der Waals surface area (Å²) >= 11 is 0. The first-order valence-electron chi connectivity index (χ1n) is 9.76. The van der Waals surface area contributed by atoms with E-state index in [2.05, 4.69) is 26.6 Å². The molecule has 3 heterocycles. The van der Waals surface area contributed by atoms with Gasteiger partial charge in [-0.3, -0.25) is 4.79 Å². The fraction of sp³-hybridized carbons (Fsp3) is 0.217. The maximum atomic E-state index is 12.8. The molecule has 1 N–H and O–H groups in total. The van der Waals surface area contributed by atoms with Crippen LogP contribution in [0.5, 0.6) is 0 Å². The number of carbonyl (C=O) groups is 1. The van der Waals surface area contributed by atoms with Crippen molar-refractivity contribution in [3.05, 3.63) is 82.4 Å².